The first kappa shape index (κ1) is 15.4. The standard InChI is InChI=1S/C16H23ClN2O/c1-2-3-4-5-6-7-14(19-18)16-11-12-10-13(17)8-9-15(12)20-16/h8-11,14,19H,2-7,18H2,1H3. The van der Waals surface area contributed by atoms with Gasteiger partial charge in [-0.15, -0.1) is 0 Å². The van der Waals surface area contributed by atoms with Gasteiger partial charge in [0.1, 0.15) is 11.3 Å². The van der Waals surface area contributed by atoms with Crippen LogP contribution in [0.5, 0.6) is 0 Å². The molecule has 1 heterocycles. The predicted octanol–water partition coefficient (Wildman–Crippen LogP) is 4.95. The molecule has 0 saturated heterocycles. The van der Waals surface area contributed by atoms with Crippen LogP contribution in [-0.2, 0) is 0 Å². The number of fused-ring (bicyclic) bond motifs is 1. The lowest BCUT2D eigenvalue weighted by atomic mass is 10.0. The number of hydrogen-bond acceptors (Lipinski definition) is 3. The molecule has 3 N–H and O–H groups in total. The smallest absolute Gasteiger partial charge is 0.134 e. The van der Waals surface area contributed by atoms with Crippen molar-refractivity contribution in [2.45, 2.75) is 51.5 Å². The molecule has 0 saturated carbocycles. The van der Waals surface area contributed by atoms with Crippen LogP contribution in [0, 0.1) is 0 Å². The van der Waals surface area contributed by atoms with E-state index in [-0.39, 0.29) is 6.04 Å². The fourth-order valence-corrected chi connectivity index (χ4v) is 2.65. The fourth-order valence-electron chi connectivity index (χ4n) is 2.47. The summed E-state index contributed by atoms with van der Waals surface area (Å²) in [7, 11) is 0. The molecule has 4 heteroatoms. The average Bonchev–Trinajstić information content (AvgIpc) is 2.85. The first-order chi connectivity index (χ1) is 9.74. The van der Waals surface area contributed by atoms with Crippen molar-refractivity contribution in [3.63, 3.8) is 0 Å². The minimum absolute atomic E-state index is 0.0720. The third-order valence-electron chi connectivity index (χ3n) is 3.64. The molecule has 2 rings (SSSR count). The van der Waals surface area contributed by atoms with Gasteiger partial charge in [-0.05, 0) is 30.7 Å². The summed E-state index contributed by atoms with van der Waals surface area (Å²) in [4.78, 5) is 0. The molecule has 0 radical (unpaired) electrons. The highest BCUT2D eigenvalue weighted by molar-refractivity contribution is 6.31. The van der Waals surface area contributed by atoms with Crippen LogP contribution in [0.1, 0.15) is 57.3 Å². The summed E-state index contributed by atoms with van der Waals surface area (Å²) in [5.41, 5.74) is 3.72. The maximum absolute atomic E-state index is 5.99. The van der Waals surface area contributed by atoms with Gasteiger partial charge in [-0.2, -0.15) is 0 Å². The molecule has 3 nitrogen and oxygen atoms in total. The molecule has 20 heavy (non-hydrogen) atoms. The van der Waals surface area contributed by atoms with Gasteiger partial charge in [0.2, 0.25) is 0 Å². The van der Waals surface area contributed by atoms with Crippen LogP contribution in [0.4, 0.5) is 0 Å². The van der Waals surface area contributed by atoms with Crippen molar-refractivity contribution in [3.05, 3.63) is 35.0 Å². The molecule has 0 fully saturated rings. The number of nitrogens with two attached hydrogens (primary N) is 1. The Bertz CT molecular complexity index is 538. The van der Waals surface area contributed by atoms with Crippen molar-refractivity contribution in [2.24, 2.45) is 5.84 Å². The number of hydrazine groups is 1. The second-order valence-corrected chi connectivity index (χ2v) is 5.69. The van der Waals surface area contributed by atoms with Crippen LogP contribution in [0.25, 0.3) is 11.0 Å². The quantitative estimate of drug-likeness (QED) is 0.411. The summed E-state index contributed by atoms with van der Waals surface area (Å²) >= 11 is 5.99. The van der Waals surface area contributed by atoms with E-state index in [1.54, 1.807) is 0 Å². The number of nitrogens with one attached hydrogen (secondary N) is 1. The predicted molar refractivity (Wildman–Crippen MR) is 84.7 cm³/mol. The normalized spacial score (nSPS) is 12.9. The van der Waals surface area contributed by atoms with Gasteiger partial charge in [-0.25, -0.2) is 5.43 Å². The number of unbranched alkanes of at least 4 members (excludes halogenated alkanes) is 4. The molecule has 0 amide bonds. The fraction of sp³-hybridized carbons (Fsp3) is 0.500. The Labute approximate surface area is 125 Å². The summed E-state index contributed by atoms with van der Waals surface area (Å²) in [6.07, 6.45) is 7.27. The van der Waals surface area contributed by atoms with Crippen molar-refractivity contribution in [3.8, 4) is 0 Å². The summed E-state index contributed by atoms with van der Waals surface area (Å²) in [6.45, 7) is 2.23. The third kappa shape index (κ3) is 3.98. The molecular weight excluding hydrogens is 272 g/mol. The molecule has 0 aliphatic rings. The number of rotatable bonds is 8. The molecular formula is C16H23ClN2O. The van der Waals surface area contributed by atoms with Crippen LogP contribution in [0.2, 0.25) is 5.02 Å². The molecule has 110 valence electrons. The third-order valence-corrected chi connectivity index (χ3v) is 3.87. The van der Waals surface area contributed by atoms with E-state index in [0.29, 0.717) is 0 Å². The van der Waals surface area contributed by atoms with Gasteiger partial charge in [0.05, 0.1) is 6.04 Å². The molecule has 0 aliphatic carbocycles. The van der Waals surface area contributed by atoms with Gasteiger partial charge >= 0.3 is 0 Å². The molecule has 1 aromatic carbocycles. The van der Waals surface area contributed by atoms with E-state index >= 15 is 0 Å². The van der Waals surface area contributed by atoms with E-state index in [9.17, 15) is 0 Å². The minimum Gasteiger partial charge on any atom is -0.459 e. The lowest BCUT2D eigenvalue weighted by Gasteiger charge is -2.12. The van der Waals surface area contributed by atoms with E-state index in [0.717, 1.165) is 34.6 Å². The molecule has 0 spiro atoms. The summed E-state index contributed by atoms with van der Waals surface area (Å²) in [5.74, 6) is 6.55. The number of benzene rings is 1. The van der Waals surface area contributed by atoms with E-state index in [1.165, 1.54) is 25.7 Å². The van der Waals surface area contributed by atoms with E-state index in [2.05, 4.69) is 12.3 Å². The zero-order chi connectivity index (χ0) is 14.4. The maximum atomic E-state index is 5.99. The van der Waals surface area contributed by atoms with Crippen LogP contribution in [-0.4, -0.2) is 0 Å². The Morgan fingerprint density at radius 3 is 2.75 bits per heavy atom. The summed E-state index contributed by atoms with van der Waals surface area (Å²) < 4.78 is 5.85. The lowest BCUT2D eigenvalue weighted by molar-refractivity contribution is 0.402. The first-order valence-corrected chi connectivity index (χ1v) is 7.77. The van der Waals surface area contributed by atoms with Gasteiger partial charge in [-0.3, -0.25) is 5.84 Å². The van der Waals surface area contributed by atoms with Gasteiger partial charge in [0.25, 0.3) is 0 Å². The van der Waals surface area contributed by atoms with Gasteiger partial charge in [0.15, 0.2) is 0 Å². The highest BCUT2D eigenvalue weighted by atomic mass is 35.5. The van der Waals surface area contributed by atoms with Crippen molar-refractivity contribution in [1.29, 1.82) is 0 Å². The van der Waals surface area contributed by atoms with Crippen molar-refractivity contribution >= 4 is 22.6 Å². The molecule has 0 aliphatic heterocycles. The van der Waals surface area contributed by atoms with E-state index < -0.39 is 0 Å². The second kappa shape index (κ2) is 7.67. The largest absolute Gasteiger partial charge is 0.459 e. The lowest BCUT2D eigenvalue weighted by Crippen LogP contribution is -2.27. The van der Waals surface area contributed by atoms with Gasteiger partial charge in [0, 0.05) is 10.4 Å². The number of furan rings is 1. The second-order valence-electron chi connectivity index (χ2n) is 5.25. The Kier molecular flexibility index (Phi) is 5.89. The average molecular weight is 295 g/mol. The van der Waals surface area contributed by atoms with Crippen LogP contribution >= 0.6 is 11.6 Å². The molecule has 2 aromatic rings. The maximum Gasteiger partial charge on any atom is 0.134 e. The summed E-state index contributed by atoms with van der Waals surface area (Å²) in [6, 6.07) is 7.75. The highest BCUT2D eigenvalue weighted by Gasteiger charge is 2.14. The Morgan fingerprint density at radius 2 is 2.00 bits per heavy atom. The number of hydrogen-bond donors (Lipinski definition) is 2. The van der Waals surface area contributed by atoms with Crippen molar-refractivity contribution < 1.29 is 4.42 Å². The van der Waals surface area contributed by atoms with E-state index in [4.69, 9.17) is 21.9 Å². The van der Waals surface area contributed by atoms with Crippen LogP contribution in [0.15, 0.2) is 28.7 Å². The zero-order valence-corrected chi connectivity index (χ0v) is 12.7. The monoisotopic (exact) mass is 294 g/mol. The SMILES string of the molecule is CCCCCCCC(NN)c1cc2cc(Cl)ccc2o1. The number of halogens is 1. The van der Waals surface area contributed by atoms with Gasteiger partial charge in [-0.1, -0.05) is 50.6 Å². The molecule has 1 unspecified atom stereocenters. The van der Waals surface area contributed by atoms with E-state index in [1.807, 2.05) is 24.3 Å². The Balaban J connectivity index is 1.98. The molecule has 0 bridgehead atoms. The van der Waals surface area contributed by atoms with Crippen LogP contribution < -0.4 is 11.3 Å². The van der Waals surface area contributed by atoms with Crippen LogP contribution in [0.3, 0.4) is 0 Å². The van der Waals surface area contributed by atoms with Gasteiger partial charge < -0.3 is 4.42 Å². The highest BCUT2D eigenvalue weighted by Crippen LogP contribution is 2.28. The molecule has 1 aromatic heterocycles. The zero-order valence-electron chi connectivity index (χ0n) is 12.0. The minimum atomic E-state index is 0.0720. The first-order valence-electron chi connectivity index (χ1n) is 7.39. The summed E-state index contributed by atoms with van der Waals surface area (Å²) in [5, 5.41) is 1.75. The topological polar surface area (TPSA) is 51.2 Å². The van der Waals surface area contributed by atoms with Crippen molar-refractivity contribution in [2.75, 3.05) is 0 Å². The van der Waals surface area contributed by atoms with Crippen molar-refractivity contribution in [1.82, 2.24) is 5.43 Å². The Hall–Kier alpha value is -1.03. The molecule has 1 atom stereocenters. The Morgan fingerprint density at radius 1 is 1.20 bits per heavy atom.